The van der Waals surface area contributed by atoms with Crippen LogP contribution in [0.2, 0.25) is 5.02 Å². The normalized spacial score (nSPS) is 11.0. The monoisotopic (exact) mass is 467 g/mol. The van der Waals surface area contributed by atoms with Crippen molar-refractivity contribution in [2.24, 2.45) is 14.1 Å². The Morgan fingerprint density at radius 3 is 2.52 bits per heavy atom. The largest absolute Gasteiger partial charge is 0.456 e. The first-order valence-corrected chi connectivity index (χ1v) is 10.7. The number of nitrogens with one attached hydrogen (secondary N) is 1. The fraction of sp³-hybridized carbons (Fsp3) is 0.217. The summed E-state index contributed by atoms with van der Waals surface area (Å²) in [5.41, 5.74) is 0.471. The van der Waals surface area contributed by atoms with Gasteiger partial charge in [-0.25, -0.2) is 9.78 Å². The predicted molar refractivity (Wildman–Crippen MR) is 126 cm³/mol. The molecule has 2 aromatic heterocycles. The zero-order valence-corrected chi connectivity index (χ0v) is 18.9. The second-order valence-corrected chi connectivity index (χ2v) is 7.93. The Balaban J connectivity index is 1.34. The smallest absolute Gasteiger partial charge is 0.332 e. The van der Waals surface area contributed by atoms with Gasteiger partial charge in [-0.1, -0.05) is 23.7 Å². The van der Waals surface area contributed by atoms with Crippen LogP contribution in [0.3, 0.4) is 0 Å². The van der Waals surface area contributed by atoms with E-state index in [0.717, 1.165) is 4.57 Å². The molecule has 10 heteroatoms. The summed E-state index contributed by atoms with van der Waals surface area (Å²) in [4.78, 5) is 41.0. The number of imidazole rings is 1. The van der Waals surface area contributed by atoms with Crippen molar-refractivity contribution in [1.29, 1.82) is 0 Å². The van der Waals surface area contributed by atoms with Gasteiger partial charge in [0.15, 0.2) is 11.2 Å². The second-order valence-electron chi connectivity index (χ2n) is 7.52. The number of fused-ring (bicyclic) bond motifs is 1. The van der Waals surface area contributed by atoms with Gasteiger partial charge in [0, 0.05) is 32.7 Å². The van der Waals surface area contributed by atoms with Crippen molar-refractivity contribution in [2.75, 3.05) is 5.32 Å². The molecule has 2 heterocycles. The average molecular weight is 468 g/mol. The second kappa shape index (κ2) is 9.33. The fourth-order valence-electron chi connectivity index (χ4n) is 3.46. The molecule has 0 unspecified atom stereocenters. The summed E-state index contributed by atoms with van der Waals surface area (Å²) in [7, 11) is 3.00. The highest BCUT2D eigenvalue weighted by Gasteiger charge is 2.14. The minimum atomic E-state index is -0.430. The Morgan fingerprint density at radius 1 is 1.06 bits per heavy atom. The summed E-state index contributed by atoms with van der Waals surface area (Å²) < 4.78 is 9.79. The van der Waals surface area contributed by atoms with Gasteiger partial charge >= 0.3 is 5.69 Å². The van der Waals surface area contributed by atoms with E-state index in [0.29, 0.717) is 46.3 Å². The van der Waals surface area contributed by atoms with Crippen molar-refractivity contribution in [3.8, 4) is 11.5 Å². The number of anilines is 1. The number of carbonyl (C=O) groups is 1. The van der Waals surface area contributed by atoms with Gasteiger partial charge < -0.3 is 14.6 Å². The molecule has 1 N–H and O–H groups in total. The van der Waals surface area contributed by atoms with Gasteiger partial charge in [0.25, 0.3) is 5.56 Å². The molecule has 0 aliphatic carbocycles. The lowest BCUT2D eigenvalue weighted by Crippen LogP contribution is -2.37. The Bertz CT molecular complexity index is 1440. The predicted octanol–water partition coefficient (Wildman–Crippen LogP) is 3.30. The van der Waals surface area contributed by atoms with Gasteiger partial charge in [0.2, 0.25) is 5.91 Å². The number of aromatic nitrogens is 4. The van der Waals surface area contributed by atoms with Crippen molar-refractivity contribution >= 4 is 34.4 Å². The van der Waals surface area contributed by atoms with Gasteiger partial charge in [-0.15, -0.1) is 0 Å². The Labute approximate surface area is 193 Å². The Morgan fingerprint density at radius 2 is 1.79 bits per heavy atom. The molecule has 0 fully saturated rings. The third-order valence-electron chi connectivity index (χ3n) is 5.22. The Kier molecular flexibility index (Phi) is 6.32. The molecule has 0 atom stereocenters. The molecule has 33 heavy (non-hydrogen) atoms. The summed E-state index contributed by atoms with van der Waals surface area (Å²) in [5, 5.41) is 3.36. The van der Waals surface area contributed by atoms with Crippen LogP contribution in [0.25, 0.3) is 11.2 Å². The number of para-hydroxylation sites is 1. The third-order valence-corrected chi connectivity index (χ3v) is 5.53. The van der Waals surface area contributed by atoms with Gasteiger partial charge in [-0.3, -0.25) is 18.7 Å². The lowest BCUT2D eigenvalue weighted by atomic mass is 10.2. The number of benzene rings is 2. The van der Waals surface area contributed by atoms with Crippen LogP contribution in [0.5, 0.6) is 11.5 Å². The molecule has 170 valence electrons. The maximum absolute atomic E-state index is 12.5. The number of rotatable bonds is 7. The zero-order valence-electron chi connectivity index (χ0n) is 18.1. The number of aryl methyl sites for hydroxylation is 2. The molecule has 0 saturated carbocycles. The molecule has 0 aliphatic heterocycles. The summed E-state index contributed by atoms with van der Waals surface area (Å²) in [6.07, 6.45) is 2.27. The van der Waals surface area contributed by atoms with Crippen LogP contribution in [-0.2, 0) is 25.4 Å². The first-order chi connectivity index (χ1) is 15.8. The van der Waals surface area contributed by atoms with Crippen LogP contribution < -0.4 is 21.3 Å². The van der Waals surface area contributed by atoms with Crippen molar-refractivity contribution in [2.45, 2.75) is 19.4 Å². The van der Waals surface area contributed by atoms with E-state index < -0.39 is 11.2 Å². The van der Waals surface area contributed by atoms with Crippen LogP contribution in [0.1, 0.15) is 12.8 Å². The maximum atomic E-state index is 12.5. The van der Waals surface area contributed by atoms with Gasteiger partial charge in [0.1, 0.15) is 11.5 Å². The van der Waals surface area contributed by atoms with Gasteiger partial charge in [0.05, 0.1) is 11.3 Å². The molecule has 4 rings (SSSR count). The number of ether oxygens (including phenoxy) is 1. The molecule has 9 nitrogen and oxygen atoms in total. The first-order valence-electron chi connectivity index (χ1n) is 10.3. The molecular weight excluding hydrogens is 446 g/mol. The molecule has 0 saturated heterocycles. The fourth-order valence-corrected chi connectivity index (χ4v) is 3.64. The molecule has 0 radical (unpaired) electrons. The number of halogens is 1. The average Bonchev–Trinajstić information content (AvgIpc) is 3.23. The number of carbonyl (C=O) groups excluding carboxylic acids is 1. The molecule has 0 bridgehead atoms. The highest BCUT2D eigenvalue weighted by Crippen LogP contribution is 2.29. The lowest BCUT2D eigenvalue weighted by Gasteiger charge is -2.09. The van der Waals surface area contributed by atoms with E-state index in [2.05, 4.69) is 10.3 Å². The number of hydrogen-bond acceptors (Lipinski definition) is 5. The van der Waals surface area contributed by atoms with Crippen LogP contribution in [0.4, 0.5) is 5.69 Å². The van der Waals surface area contributed by atoms with Crippen LogP contribution in [-0.4, -0.2) is 24.6 Å². The van der Waals surface area contributed by atoms with E-state index in [4.69, 9.17) is 16.3 Å². The summed E-state index contributed by atoms with van der Waals surface area (Å²) in [5.74, 6) is 1.00. The van der Waals surface area contributed by atoms with Crippen molar-refractivity contribution in [3.63, 3.8) is 0 Å². The van der Waals surface area contributed by atoms with E-state index in [1.54, 1.807) is 48.0 Å². The molecule has 4 aromatic rings. The molecule has 1 amide bonds. The van der Waals surface area contributed by atoms with E-state index in [1.165, 1.54) is 17.9 Å². The minimum Gasteiger partial charge on any atom is -0.456 e. The summed E-state index contributed by atoms with van der Waals surface area (Å²) in [6, 6.07) is 14.2. The van der Waals surface area contributed by atoms with Crippen LogP contribution in [0, 0.1) is 0 Å². The summed E-state index contributed by atoms with van der Waals surface area (Å²) in [6.45, 7) is 0.419. The highest BCUT2D eigenvalue weighted by atomic mass is 35.5. The van der Waals surface area contributed by atoms with Crippen LogP contribution >= 0.6 is 11.6 Å². The standard InChI is InChI=1S/C23H22ClN5O4/c1-27-21-20(22(31)28(2)23(27)32)29(14-25-21)13-5-8-19(30)26-15-9-11-16(12-10-15)33-18-7-4-3-6-17(18)24/h3-4,6-7,9-12,14H,5,8,13H2,1-2H3,(H,26,30). The zero-order chi connectivity index (χ0) is 23.5. The quantitative estimate of drug-likeness (QED) is 0.449. The molecule has 0 spiro atoms. The van der Waals surface area contributed by atoms with E-state index in [9.17, 15) is 14.4 Å². The number of nitrogens with zero attached hydrogens (tertiary/aromatic N) is 4. The molecule has 0 aliphatic rings. The first kappa shape index (κ1) is 22.3. The minimum absolute atomic E-state index is 0.153. The van der Waals surface area contributed by atoms with Gasteiger partial charge in [-0.05, 0) is 42.8 Å². The number of hydrogen-bond donors (Lipinski definition) is 1. The Hall–Kier alpha value is -3.85. The lowest BCUT2D eigenvalue weighted by molar-refractivity contribution is -0.116. The molecular formula is C23H22ClN5O4. The van der Waals surface area contributed by atoms with E-state index in [-0.39, 0.29) is 12.3 Å². The van der Waals surface area contributed by atoms with E-state index >= 15 is 0 Å². The van der Waals surface area contributed by atoms with Crippen molar-refractivity contribution in [1.82, 2.24) is 18.7 Å². The topological polar surface area (TPSA) is 100 Å². The SMILES string of the molecule is Cn1c(=O)c2c(ncn2CCCC(=O)Nc2ccc(Oc3ccccc3Cl)cc2)n(C)c1=O. The van der Waals surface area contributed by atoms with Crippen LogP contribution in [0.15, 0.2) is 64.4 Å². The van der Waals surface area contributed by atoms with Gasteiger partial charge in [-0.2, -0.15) is 0 Å². The maximum Gasteiger partial charge on any atom is 0.332 e. The van der Waals surface area contributed by atoms with Crippen molar-refractivity contribution < 1.29 is 9.53 Å². The summed E-state index contributed by atoms with van der Waals surface area (Å²) >= 11 is 6.10. The van der Waals surface area contributed by atoms with E-state index in [1.807, 2.05) is 12.1 Å². The van der Waals surface area contributed by atoms with Crippen molar-refractivity contribution in [3.05, 3.63) is 80.7 Å². The highest BCUT2D eigenvalue weighted by molar-refractivity contribution is 6.32. The third kappa shape index (κ3) is 4.68. The molecule has 2 aromatic carbocycles. The number of amides is 1.